The molecule has 3 heterocycles. The summed E-state index contributed by atoms with van der Waals surface area (Å²) < 4.78 is 21.6. The number of ether oxygens (including phenoxy) is 4. The molecule has 0 aromatic heterocycles. The Balaban J connectivity index is 1.40. The van der Waals surface area contributed by atoms with Crippen LogP contribution in [0, 0.1) is 0 Å². The number of benzene rings is 3. The van der Waals surface area contributed by atoms with E-state index in [0.717, 1.165) is 5.56 Å². The highest BCUT2D eigenvalue weighted by Crippen LogP contribution is 2.48. The maximum Gasteiger partial charge on any atom is 0.255 e. The summed E-state index contributed by atoms with van der Waals surface area (Å²) in [7, 11) is 0. The molecule has 0 saturated carbocycles. The van der Waals surface area contributed by atoms with E-state index in [2.05, 4.69) is 5.32 Å². The third-order valence-electron chi connectivity index (χ3n) is 5.91. The molecule has 1 fully saturated rings. The lowest BCUT2D eigenvalue weighted by Crippen LogP contribution is -2.67. The molecule has 160 valence electrons. The largest absolute Gasteiger partial charge is 0.454 e. The van der Waals surface area contributed by atoms with Crippen molar-refractivity contribution in [3.8, 4) is 23.0 Å². The molecule has 3 aliphatic heterocycles. The van der Waals surface area contributed by atoms with Crippen molar-refractivity contribution in [2.45, 2.75) is 12.0 Å². The Bertz CT molecular complexity index is 1240. The molecule has 2 amide bonds. The van der Waals surface area contributed by atoms with Gasteiger partial charge in [0, 0.05) is 23.5 Å². The number of rotatable bonds is 4. The third kappa shape index (κ3) is 2.69. The second kappa shape index (κ2) is 6.91. The Morgan fingerprint density at radius 3 is 2.19 bits per heavy atom. The van der Waals surface area contributed by atoms with Crippen LogP contribution in [0.2, 0.25) is 0 Å². The van der Waals surface area contributed by atoms with Gasteiger partial charge in [0.2, 0.25) is 19.5 Å². The van der Waals surface area contributed by atoms with E-state index in [1.54, 1.807) is 36.4 Å². The monoisotopic (exact) mass is 430 g/mol. The summed E-state index contributed by atoms with van der Waals surface area (Å²) in [6.07, 6.45) is 0.0435. The molecule has 8 heteroatoms. The first-order valence-electron chi connectivity index (χ1n) is 10.1. The van der Waals surface area contributed by atoms with Crippen molar-refractivity contribution in [2.75, 3.05) is 23.8 Å². The normalized spacial score (nSPS) is 20.1. The summed E-state index contributed by atoms with van der Waals surface area (Å²) in [6.45, 7) is 0.272. The van der Waals surface area contributed by atoms with Crippen LogP contribution in [-0.4, -0.2) is 25.4 Å². The van der Waals surface area contributed by atoms with Gasteiger partial charge in [0.05, 0.1) is 6.42 Å². The first-order valence-corrected chi connectivity index (χ1v) is 10.1. The van der Waals surface area contributed by atoms with Gasteiger partial charge in [0.15, 0.2) is 28.5 Å². The van der Waals surface area contributed by atoms with Gasteiger partial charge in [0.1, 0.15) is 0 Å². The molecule has 1 N–H and O–H groups in total. The SMILES string of the molecule is O=C1CC(C(=O)Nc2ccc3c(c2)OCO3)(c2ccccc2)N1c1ccc2c(c1)OCO2. The Kier molecular flexibility index (Phi) is 4.01. The van der Waals surface area contributed by atoms with E-state index >= 15 is 0 Å². The Morgan fingerprint density at radius 2 is 1.47 bits per heavy atom. The molecule has 8 nitrogen and oxygen atoms in total. The van der Waals surface area contributed by atoms with Crippen molar-refractivity contribution in [1.82, 2.24) is 0 Å². The topological polar surface area (TPSA) is 86.3 Å². The van der Waals surface area contributed by atoms with Crippen molar-refractivity contribution >= 4 is 23.2 Å². The van der Waals surface area contributed by atoms with Gasteiger partial charge in [-0.05, 0) is 29.8 Å². The van der Waals surface area contributed by atoms with Gasteiger partial charge < -0.3 is 24.3 Å². The van der Waals surface area contributed by atoms with Crippen LogP contribution in [0.4, 0.5) is 11.4 Å². The predicted molar refractivity (Wildman–Crippen MR) is 114 cm³/mol. The average Bonchev–Trinajstić information content (AvgIpc) is 3.46. The number of carbonyl (C=O) groups is 2. The molecule has 3 aliphatic rings. The number of amides is 2. The number of fused-ring (bicyclic) bond motifs is 2. The van der Waals surface area contributed by atoms with Gasteiger partial charge in [-0.1, -0.05) is 30.3 Å². The van der Waals surface area contributed by atoms with Crippen LogP contribution in [-0.2, 0) is 15.1 Å². The minimum Gasteiger partial charge on any atom is -0.454 e. The molecule has 1 saturated heterocycles. The van der Waals surface area contributed by atoms with E-state index in [9.17, 15) is 9.59 Å². The number of anilines is 2. The lowest BCUT2D eigenvalue weighted by Gasteiger charge is -2.50. The van der Waals surface area contributed by atoms with Crippen LogP contribution < -0.4 is 29.2 Å². The maximum absolute atomic E-state index is 13.7. The van der Waals surface area contributed by atoms with E-state index in [-0.39, 0.29) is 31.8 Å². The van der Waals surface area contributed by atoms with Gasteiger partial charge in [-0.2, -0.15) is 0 Å². The zero-order valence-electron chi connectivity index (χ0n) is 16.9. The Morgan fingerprint density at radius 1 is 0.812 bits per heavy atom. The molecular weight excluding hydrogens is 412 g/mol. The molecule has 1 atom stereocenters. The zero-order chi connectivity index (χ0) is 21.7. The fourth-order valence-corrected chi connectivity index (χ4v) is 4.35. The first kappa shape index (κ1) is 18.6. The molecule has 0 radical (unpaired) electrons. The lowest BCUT2D eigenvalue weighted by molar-refractivity contribution is -0.137. The Hall–Kier alpha value is -4.20. The fraction of sp³-hybridized carbons (Fsp3) is 0.167. The summed E-state index contributed by atoms with van der Waals surface area (Å²) in [5.41, 5.74) is 0.632. The van der Waals surface area contributed by atoms with Crippen LogP contribution in [0.25, 0.3) is 0 Å². The average molecular weight is 430 g/mol. The standard InChI is InChI=1S/C24H18N2O6/c27-22-12-24(15-4-2-1-3-5-15,26(22)17-7-9-19-21(11-17)32-14-30-19)23(28)25-16-6-8-18-20(10-16)31-13-29-18/h1-11H,12-14H2,(H,25,28). The summed E-state index contributed by atoms with van der Waals surface area (Å²) in [5.74, 6) is 1.86. The Labute approximate surface area is 183 Å². The van der Waals surface area contributed by atoms with Gasteiger partial charge in [0.25, 0.3) is 5.91 Å². The molecule has 0 aliphatic carbocycles. The van der Waals surface area contributed by atoms with Crippen LogP contribution in [0.1, 0.15) is 12.0 Å². The van der Waals surface area contributed by atoms with Crippen LogP contribution in [0.15, 0.2) is 66.7 Å². The fourth-order valence-electron chi connectivity index (χ4n) is 4.35. The van der Waals surface area contributed by atoms with Gasteiger partial charge in [-0.15, -0.1) is 0 Å². The quantitative estimate of drug-likeness (QED) is 0.639. The smallest absolute Gasteiger partial charge is 0.255 e. The van der Waals surface area contributed by atoms with Crippen LogP contribution in [0.5, 0.6) is 23.0 Å². The third-order valence-corrected chi connectivity index (χ3v) is 5.91. The summed E-state index contributed by atoms with van der Waals surface area (Å²) in [4.78, 5) is 28.1. The highest BCUT2D eigenvalue weighted by Gasteiger charge is 2.58. The van der Waals surface area contributed by atoms with E-state index in [0.29, 0.717) is 34.4 Å². The summed E-state index contributed by atoms with van der Waals surface area (Å²) in [6, 6.07) is 19.7. The summed E-state index contributed by atoms with van der Waals surface area (Å²) in [5, 5.41) is 2.96. The molecule has 6 rings (SSSR count). The highest BCUT2D eigenvalue weighted by molar-refractivity contribution is 6.17. The molecule has 1 unspecified atom stereocenters. The van der Waals surface area contributed by atoms with Crippen LogP contribution >= 0.6 is 0 Å². The van der Waals surface area contributed by atoms with Gasteiger partial charge in [-0.3, -0.25) is 14.5 Å². The van der Waals surface area contributed by atoms with Crippen molar-refractivity contribution < 1.29 is 28.5 Å². The van der Waals surface area contributed by atoms with E-state index in [1.165, 1.54) is 4.90 Å². The zero-order valence-corrected chi connectivity index (χ0v) is 16.9. The molecule has 0 spiro atoms. The summed E-state index contributed by atoms with van der Waals surface area (Å²) >= 11 is 0. The maximum atomic E-state index is 13.7. The van der Waals surface area contributed by atoms with Gasteiger partial charge >= 0.3 is 0 Å². The van der Waals surface area contributed by atoms with Crippen LogP contribution in [0.3, 0.4) is 0 Å². The van der Waals surface area contributed by atoms with Crippen molar-refractivity contribution in [2.24, 2.45) is 0 Å². The molecule has 3 aromatic carbocycles. The van der Waals surface area contributed by atoms with E-state index in [1.807, 2.05) is 30.3 Å². The van der Waals surface area contributed by atoms with E-state index < -0.39 is 5.54 Å². The number of carbonyl (C=O) groups excluding carboxylic acids is 2. The molecule has 3 aromatic rings. The number of hydrogen-bond acceptors (Lipinski definition) is 6. The lowest BCUT2D eigenvalue weighted by atomic mass is 9.76. The van der Waals surface area contributed by atoms with E-state index in [4.69, 9.17) is 18.9 Å². The molecular formula is C24H18N2O6. The minimum absolute atomic E-state index is 0.0435. The van der Waals surface area contributed by atoms with Gasteiger partial charge in [-0.25, -0.2) is 0 Å². The second-order valence-electron chi connectivity index (χ2n) is 7.69. The predicted octanol–water partition coefficient (Wildman–Crippen LogP) is 3.41. The van der Waals surface area contributed by atoms with Crippen molar-refractivity contribution in [3.05, 3.63) is 72.3 Å². The molecule has 0 bridgehead atoms. The van der Waals surface area contributed by atoms with Crippen molar-refractivity contribution in [1.29, 1.82) is 0 Å². The molecule has 32 heavy (non-hydrogen) atoms. The number of nitrogens with one attached hydrogen (secondary N) is 1. The number of hydrogen-bond donors (Lipinski definition) is 1. The number of β-lactam (4-membered cyclic amide) rings is 1. The highest BCUT2D eigenvalue weighted by atomic mass is 16.7. The minimum atomic E-state index is -1.21. The van der Waals surface area contributed by atoms with Crippen molar-refractivity contribution in [3.63, 3.8) is 0 Å². The first-order chi connectivity index (χ1) is 15.6. The number of nitrogens with zero attached hydrogens (tertiary/aromatic N) is 1. The second-order valence-corrected chi connectivity index (χ2v) is 7.69.